The molecule has 0 unspecified atom stereocenters. The lowest BCUT2D eigenvalue weighted by molar-refractivity contribution is -0.121. The molecule has 8 heteroatoms. The molecule has 0 radical (unpaired) electrons. The quantitative estimate of drug-likeness (QED) is 0.672. The van der Waals surface area contributed by atoms with Crippen LogP contribution in [0.3, 0.4) is 0 Å². The molecule has 3 aromatic rings. The Bertz CT molecular complexity index is 1070. The first-order valence-corrected chi connectivity index (χ1v) is 10.1. The number of aryl methyl sites for hydroxylation is 1. The Labute approximate surface area is 167 Å². The van der Waals surface area contributed by atoms with Crippen molar-refractivity contribution in [3.8, 4) is 5.69 Å². The normalized spacial score (nSPS) is 15.3. The third kappa shape index (κ3) is 4.36. The van der Waals surface area contributed by atoms with Crippen LogP contribution in [0.2, 0.25) is 0 Å². The Kier molecular flexibility index (Phi) is 5.69. The molecule has 0 aliphatic heterocycles. The van der Waals surface area contributed by atoms with Gasteiger partial charge in [0.05, 0.1) is 5.69 Å². The number of hydrogen-bond donors (Lipinski definition) is 1. The molecule has 2 heterocycles. The number of aromatic nitrogens is 4. The van der Waals surface area contributed by atoms with Gasteiger partial charge in [0.2, 0.25) is 11.6 Å². The molecular formula is C21H24FN5O2. The second-order valence-electron chi connectivity index (χ2n) is 7.52. The molecule has 0 atom stereocenters. The van der Waals surface area contributed by atoms with Crippen molar-refractivity contribution in [1.82, 2.24) is 24.5 Å². The molecule has 1 amide bonds. The summed E-state index contributed by atoms with van der Waals surface area (Å²) in [6.45, 7) is 0. The average molecular weight is 397 g/mol. The SMILES string of the molecule is O=C(CCc1nnc2c(=O)n(-c3cccc(F)c3)ccn12)NC1CCCCCC1. The van der Waals surface area contributed by atoms with Gasteiger partial charge < -0.3 is 5.32 Å². The van der Waals surface area contributed by atoms with E-state index in [0.29, 0.717) is 24.4 Å². The number of nitrogens with zero attached hydrogens (tertiary/aromatic N) is 4. The van der Waals surface area contributed by atoms with Gasteiger partial charge in [0.25, 0.3) is 0 Å². The first-order chi connectivity index (χ1) is 14.1. The van der Waals surface area contributed by atoms with Crippen molar-refractivity contribution >= 4 is 11.6 Å². The van der Waals surface area contributed by atoms with E-state index in [4.69, 9.17) is 0 Å². The minimum Gasteiger partial charge on any atom is -0.353 e. The highest BCUT2D eigenvalue weighted by atomic mass is 19.1. The molecule has 1 saturated carbocycles. The van der Waals surface area contributed by atoms with Crippen molar-refractivity contribution < 1.29 is 9.18 Å². The monoisotopic (exact) mass is 397 g/mol. The second-order valence-corrected chi connectivity index (χ2v) is 7.52. The summed E-state index contributed by atoms with van der Waals surface area (Å²) >= 11 is 0. The van der Waals surface area contributed by atoms with E-state index in [-0.39, 0.29) is 23.2 Å². The summed E-state index contributed by atoms with van der Waals surface area (Å²) in [5.74, 6) is 0.136. The first-order valence-electron chi connectivity index (χ1n) is 10.1. The summed E-state index contributed by atoms with van der Waals surface area (Å²) in [6, 6.07) is 6.06. The Morgan fingerprint density at radius 2 is 1.93 bits per heavy atom. The van der Waals surface area contributed by atoms with E-state index in [0.717, 1.165) is 25.7 Å². The van der Waals surface area contributed by atoms with Crippen molar-refractivity contribution in [2.24, 2.45) is 0 Å². The predicted molar refractivity (Wildman–Crippen MR) is 106 cm³/mol. The van der Waals surface area contributed by atoms with E-state index in [1.165, 1.54) is 29.5 Å². The number of carbonyl (C=O) groups is 1. The molecule has 2 aromatic heterocycles. The van der Waals surface area contributed by atoms with Gasteiger partial charge in [0.1, 0.15) is 11.6 Å². The number of carbonyl (C=O) groups excluding carboxylic acids is 1. The molecule has 1 fully saturated rings. The summed E-state index contributed by atoms with van der Waals surface area (Å²) in [5, 5.41) is 11.2. The molecule has 1 aliphatic carbocycles. The zero-order chi connectivity index (χ0) is 20.2. The van der Waals surface area contributed by atoms with Gasteiger partial charge in [0, 0.05) is 31.3 Å². The van der Waals surface area contributed by atoms with Crippen LogP contribution in [0.25, 0.3) is 11.3 Å². The Balaban J connectivity index is 1.47. The molecule has 0 saturated heterocycles. The number of hydrogen-bond acceptors (Lipinski definition) is 4. The molecule has 1 N–H and O–H groups in total. The third-order valence-corrected chi connectivity index (χ3v) is 5.42. The van der Waals surface area contributed by atoms with E-state index in [1.807, 2.05) is 0 Å². The van der Waals surface area contributed by atoms with Gasteiger partial charge in [-0.15, -0.1) is 10.2 Å². The maximum Gasteiger partial charge on any atom is 0.300 e. The van der Waals surface area contributed by atoms with E-state index < -0.39 is 5.82 Å². The molecule has 1 aromatic carbocycles. The lowest BCUT2D eigenvalue weighted by Crippen LogP contribution is -2.34. The number of fused-ring (bicyclic) bond motifs is 1. The van der Waals surface area contributed by atoms with Gasteiger partial charge in [0.15, 0.2) is 0 Å². The van der Waals surface area contributed by atoms with Crippen molar-refractivity contribution in [1.29, 1.82) is 0 Å². The van der Waals surface area contributed by atoms with Crippen LogP contribution in [0.1, 0.15) is 50.8 Å². The van der Waals surface area contributed by atoms with Crippen LogP contribution in [-0.2, 0) is 11.2 Å². The van der Waals surface area contributed by atoms with E-state index in [1.54, 1.807) is 28.9 Å². The van der Waals surface area contributed by atoms with E-state index >= 15 is 0 Å². The maximum atomic E-state index is 13.5. The van der Waals surface area contributed by atoms with Crippen LogP contribution >= 0.6 is 0 Å². The predicted octanol–water partition coefficient (Wildman–Crippen LogP) is 2.79. The van der Waals surface area contributed by atoms with Gasteiger partial charge in [-0.3, -0.25) is 18.6 Å². The summed E-state index contributed by atoms with van der Waals surface area (Å²) in [6.07, 6.45) is 10.8. The van der Waals surface area contributed by atoms with Crippen molar-refractivity contribution in [3.05, 3.63) is 58.7 Å². The minimum atomic E-state index is -0.420. The summed E-state index contributed by atoms with van der Waals surface area (Å²) < 4.78 is 16.4. The van der Waals surface area contributed by atoms with Crippen molar-refractivity contribution in [2.75, 3.05) is 0 Å². The molecule has 4 rings (SSSR count). The van der Waals surface area contributed by atoms with Gasteiger partial charge >= 0.3 is 5.56 Å². The lowest BCUT2D eigenvalue weighted by Gasteiger charge is -2.15. The van der Waals surface area contributed by atoms with Crippen LogP contribution in [0.5, 0.6) is 0 Å². The van der Waals surface area contributed by atoms with Gasteiger partial charge in [-0.2, -0.15) is 0 Å². The van der Waals surface area contributed by atoms with Gasteiger partial charge in [-0.25, -0.2) is 4.39 Å². The Morgan fingerprint density at radius 1 is 1.14 bits per heavy atom. The zero-order valence-corrected chi connectivity index (χ0v) is 16.2. The highest BCUT2D eigenvalue weighted by molar-refractivity contribution is 5.76. The van der Waals surface area contributed by atoms with Gasteiger partial charge in [-0.1, -0.05) is 31.7 Å². The lowest BCUT2D eigenvalue weighted by atomic mass is 10.1. The van der Waals surface area contributed by atoms with Gasteiger partial charge in [-0.05, 0) is 31.0 Å². The maximum absolute atomic E-state index is 13.5. The number of rotatable bonds is 5. The molecule has 0 bridgehead atoms. The molecule has 1 aliphatic rings. The first kappa shape index (κ1) is 19.3. The van der Waals surface area contributed by atoms with Crippen molar-refractivity contribution in [3.63, 3.8) is 0 Å². The van der Waals surface area contributed by atoms with Crippen molar-refractivity contribution in [2.45, 2.75) is 57.4 Å². The molecule has 29 heavy (non-hydrogen) atoms. The molecule has 152 valence electrons. The highest BCUT2D eigenvalue weighted by Gasteiger charge is 2.16. The number of benzene rings is 1. The highest BCUT2D eigenvalue weighted by Crippen LogP contribution is 2.17. The second kappa shape index (κ2) is 8.55. The van der Waals surface area contributed by atoms with E-state index in [9.17, 15) is 14.0 Å². The molecular weight excluding hydrogens is 373 g/mol. The fourth-order valence-electron chi connectivity index (χ4n) is 3.88. The van der Waals surface area contributed by atoms with Crippen LogP contribution in [-0.4, -0.2) is 31.1 Å². The van der Waals surface area contributed by atoms with Crippen LogP contribution in [0.4, 0.5) is 4.39 Å². The number of nitrogens with one attached hydrogen (secondary N) is 1. The Morgan fingerprint density at radius 3 is 2.69 bits per heavy atom. The van der Waals surface area contributed by atoms with Crippen LogP contribution in [0.15, 0.2) is 41.5 Å². The number of amides is 1. The minimum absolute atomic E-state index is 0.00162. The number of halogens is 1. The summed E-state index contributed by atoms with van der Waals surface area (Å²) in [5.41, 5.74) is 0.181. The zero-order valence-electron chi connectivity index (χ0n) is 16.2. The Hall–Kier alpha value is -3.03. The fourth-order valence-corrected chi connectivity index (χ4v) is 3.88. The van der Waals surface area contributed by atoms with Crippen LogP contribution in [0, 0.1) is 5.82 Å². The largest absolute Gasteiger partial charge is 0.353 e. The smallest absolute Gasteiger partial charge is 0.300 e. The molecule has 7 nitrogen and oxygen atoms in total. The molecule has 0 spiro atoms. The standard InChI is InChI=1S/C21H24FN5O2/c22-15-6-5-9-17(14-15)26-12-13-27-18(24-25-20(27)21(26)29)10-11-19(28)23-16-7-3-1-2-4-8-16/h5-6,9,12-14,16H,1-4,7-8,10-11H2,(H,23,28). The van der Waals surface area contributed by atoms with Crippen LogP contribution < -0.4 is 10.9 Å². The fraction of sp³-hybridized carbons (Fsp3) is 0.429. The summed E-state index contributed by atoms with van der Waals surface area (Å²) in [4.78, 5) is 25.0. The average Bonchev–Trinajstić information content (AvgIpc) is 2.96. The third-order valence-electron chi connectivity index (χ3n) is 5.42. The summed E-state index contributed by atoms with van der Waals surface area (Å²) in [7, 11) is 0. The van der Waals surface area contributed by atoms with E-state index in [2.05, 4.69) is 15.5 Å². The topological polar surface area (TPSA) is 81.3 Å².